The topological polar surface area (TPSA) is 36.9 Å². The van der Waals surface area contributed by atoms with Crippen molar-refractivity contribution in [3.8, 4) is 11.4 Å². The molecule has 3 fully saturated rings. The Morgan fingerprint density at radius 3 is 2.24 bits per heavy atom. The van der Waals surface area contributed by atoms with Crippen molar-refractivity contribution in [3.05, 3.63) is 54.1 Å². The van der Waals surface area contributed by atoms with Gasteiger partial charge >= 0.3 is 0 Å². The number of hydrogen-bond acceptors (Lipinski definition) is 3. The molecule has 244 valence electrons. The summed E-state index contributed by atoms with van der Waals surface area (Å²) in [6.07, 6.45) is 27.0. The molecule has 0 atom stereocenters. The zero-order valence-corrected chi connectivity index (χ0v) is 29.1. The van der Waals surface area contributed by atoms with Crippen LogP contribution < -0.4 is 4.74 Å². The Bertz CT molecular complexity index is 1850. The molecule has 3 aliphatic carbocycles. The summed E-state index contributed by atoms with van der Waals surface area (Å²) in [7, 11) is 0. The lowest BCUT2D eigenvalue weighted by molar-refractivity contribution is 0.155. The van der Waals surface area contributed by atoms with E-state index in [4.69, 9.17) is 22.5 Å². The molecule has 5 nitrogen and oxygen atoms in total. The summed E-state index contributed by atoms with van der Waals surface area (Å²) in [6, 6.07) is 9.88. The first-order valence-corrected chi connectivity index (χ1v) is 18.8. The molecule has 0 amide bonds. The van der Waals surface area contributed by atoms with Gasteiger partial charge in [-0.25, -0.2) is 0 Å². The average Bonchev–Trinajstić information content (AvgIpc) is 3.76. The van der Waals surface area contributed by atoms with Crippen LogP contribution in [-0.4, -0.2) is 24.2 Å². The van der Waals surface area contributed by atoms with Crippen LogP contribution in [0.15, 0.2) is 42.9 Å². The van der Waals surface area contributed by atoms with Gasteiger partial charge in [0, 0.05) is 41.3 Å². The minimum Gasteiger partial charge on any atom is -0.489 e. The van der Waals surface area contributed by atoms with Crippen LogP contribution in [0.5, 0.6) is 5.75 Å². The van der Waals surface area contributed by atoms with Gasteiger partial charge in [0.15, 0.2) is 0 Å². The maximum absolute atomic E-state index is 7.24. The number of ether oxygens (including phenoxy) is 1. The highest BCUT2D eigenvalue weighted by atomic mass is 32.1. The number of rotatable bonds is 6. The molecule has 0 spiro atoms. The summed E-state index contributed by atoms with van der Waals surface area (Å²) in [6.45, 7) is 7.04. The highest BCUT2D eigenvalue weighted by Gasteiger charge is 2.30. The maximum atomic E-state index is 7.24. The molecule has 8 rings (SSSR count). The number of benzene rings is 1. The third kappa shape index (κ3) is 5.46. The van der Waals surface area contributed by atoms with Crippen molar-refractivity contribution in [1.29, 1.82) is 0 Å². The number of nitrogens with zero attached hydrogens (tertiary/aromatic N) is 4. The lowest BCUT2D eigenvalue weighted by atomic mass is 9.86. The predicted octanol–water partition coefficient (Wildman–Crippen LogP) is 11.5. The van der Waals surface area contributed by atoms with E-state index in [1.807, 2.05) is 0 Å². The summed E-state index contributed by atoms with van der Waals surface area (Å²) in [5.41, 5.74) is 7.46. The van der Waals surface area contributed by atoms with Gasteiger partial charge < -0.3 is 9.30 Å². The first-order valence-electron chi connectivity index (χ1n) is 18.4. The first kappa shape index (κ1) is 30.5. The minimum atomic E-state index is 0.146. The molecular formula is C40H52N4OS. The molecule has 0 unspecified atom stereocenters. The van der Waals surface area contributed by atoms with Crippen molar-refractivity contribution in [2.45, 2.75) is 142 Å². The number of fused-ring (bicyclic) bond motifs is 5. The van der Waals surface area contributed by atoms with Gasteiger partial charge in [0.25, 0.3) is 0 Å². The molecule has 4 aromatic heterocycles. The van der Waals surface area contributed by atoms with E-state index in [9.17, 15) is 0 Å². The molecule has 1 aromatic carbocycles. The molecule has 46 heavy (non-hydrogen) atoms. The Morgan fingerprint density at radius 2 is 1.52 bits per heavy atom. The molecule has 6 heteroatoms. The SMILES string of the molecule is CC(C)(C)Cc1ccc2c(c1OC1CCCCC1)c1c3ccnc(C4CCCCC4)c3n(S)c1n2-c1ccn(C2CCCCC2)c1. The second-order valence-corrected chi connectivity index (χ2v) is 16.3. The quantitative estimate of drug-likeness (QED) is 0.188. The normalized spacial score (nSPS) is 19.6. The van der Waals surface area contributed by atoms with Crippen molar-refractivity contribution in [2.24, 2.45) is 5.41 Å². The Morgan fingerprint density at radius 1 is 0.826 bits per heavy atom. The highest BCUT2D eigenvalue weighted by Crippen LogP contribution is 2.48. The lowest BCUT2D eigenvalue weighted by Gasteiger charge is -2.27. The predicted molar refractivity (Wildman–Crippen MR) is 195 cm³/mol. The van der Waals surface area contributed by atoms with Crippen molar-refractivity contribution in [1.82, 2.24) is 18.1 Å². The van der Waals surface area contributed by atoms with Crippen molar-refractivity contribution < 1.29 is 4.74 Å². The van der Waals surface area contributed by atoms with Crippen LogP contribution in [0.3, 0.4) is 0 Å². The van der Waals surface area contributed by atoms with Crippen LogP contribution in [-0.2, 0) is 6.42 Å². The molecule has 0 aliphatic heterocycles. The third-order valence-electron chi connectivity index (χ3n) is 11.3. The Kier molecular flexibility index (Phi) is 8.15. The molecule has 3 aliphatic rings. The molecule has 3 saturated carbocycles. The Labute approximate surface area is 280 Å². The molecule has 0 N–H and O–H groups in total. The second kappa shape index (κ2) is 12.3. The molecular weight excluding hydrogens is 585 g/mol. The Balaban J connectivity index is 1.42. The molecule has 4 heterocycles. The summed E-state index contributed by atoms with van der Waals surface area (Å²) in [5.74, 6) is 1.59. The minimum absolute atomic E-state index is 0.146. The van der Waals surface area contributed by atoms with Gasteiger partial charge in [0.05, 0.1) is 33.9 Å². The molecule has 5 aromatic rings. The smallest absolute Gasteiger partial charge is 0.137 e. The van der Waals surface area contributed by atoms with Gasteiger partial charge in [-0.3, -0.25) is 13.5 Å². The third-order valence-corrected chi connectivity index (χ3v) is 11.7. The van der Waals surface area contributed by atoms with Gasteiger partial charge in [0.2, 0.25) is 0 Å². The van der Waals surface area contributed by atoms with E-state index in [0.717, 1.165) is 30.7 Å². The van der Waals surface area contributed by atoms with E-state index in [1.165, 1.54) is 128 Å². The van der Waals surface area contributed by atoms with Crippen LogP contribution >= 0.6 is 12.8 Å². The van der Waals surface area contributed by atoms with E-state index in [2.05, 4.69) is 76.7 Å². The zero-order chi connectivity index (χ0) is 31.4. The lowest BCUT2D eigenvalue weighted by Crippen LogP contribution is -2.21. The van der Waals surface area contributed by atoms with E-state index in [0.29, 0.717) is 12.0 Å². The Hall–Kier alpha value is -2.86. The number of pyridine rings is 1. The fourth-order valence-electron chi connectivity index (χ4n) is 9.11. The number of hydrogen-bond donors (Lipinski definition) is 1. The van der Waals surface area contributed by atoms with E-state index < -0.39 is 0 Å². The fourth-order valence-corrected chi connectivity index (χ4v) is 9.51. The number of aromatic nitrogens is 4. The van der Waals surface area contributed by atoms with Crippen LogP contribution in [0, 0.1) is 5.41 Å². The monoisotopic (exact) mass is 636 g/mol. The standard InChI is InChI=1S/C40H52N4OS/c1-40(2,3)25-28-19-20-33-35(38(28)45-31-17-11-6-12-18-31)34-32-21-23-41-36(27-13-7-4-8-14-27)37(32)44(46)39(34)43(33)30-22-24-42(26-30)29-15-9-5-10-16-29/h19-24,26-27,29,31,46H,4-18,25H2,1-3H3. The van der Waals surface area contributed by atoms with Gasteiger partial charge in [-0.1, -0.05) is 84.6 Å². The zero-order valence-electron chi connectivity index (χ0n) is 28.2. The van der Waals surface area contributed by atoms with E-state index >= 15 is 0 Å². The summed E-state index contributed by atoms with van der Waals surface area (Å²) >= 11 is 5.36. The van der Waals surface area contributed by atoms with E-state index in [1.54, 1.807) is 0 Å². The van der Waals surface area contributed by atoms with Crippen LogP contribution in [0.4, 0.5) is 0 Å². The van der Waals surface area contributed by atoms with Gasteiger partial charge in [-0.2, -0.15) is 0 Å². The van der Waals surface area contributed by atoms with Crippen molar-refractivity contribution in [2.75, 3.05) is 0 Å². The molecule has 0 saturated heterocycles. The molecule has 0 bridgehead atoms. The number of thiol groups is 1. The van der Waals surface area contributed by atoms with E-state index in [-0.39, 0.29) is 11.5 Å². The summed E-state index contributed by atoms with van der Waals surface area (Å²) in [5, 5.41) is 3.79. The fraction of sp³-hybridized carbons (Fsp3) is 0.575. The first-order chi connectivity index (χ1) is 22.4. The van der Waals surface area contributed by atoms with Gasteiger partial charge in [0.1, 0.15) is 11.4 Å². The van der Waals surface area contributed by atoms with Crippen molar-refractivity contribution in [3.63, 3.8) is 0 Å². The van der Waals surface area contributed by atoms with Crippen molar-refractivity contribution >= 4 is 45.7 Å². The van der Waals surface area contributed by atoms with Gasteiger partial charge in [-0.05, 0) is 87.0 Å². The largest absolute Gasteiger partial charge is 0.489 e. The van der Waals surface area contributed by atoms with Crippen LogP contribution in [0.25, 0.3) is 38.5 Å². The van der Waals surface area contributed by atoms with Gasteiger partial charge in [-0.15, -0.1) is 0 Å². The van der Waals surface area contributed by atoms with Crippen LogP contribution in [0.2, 0.25) is 0 Å². The molecule has 0 radical (unpaired) electrons. The average molecular weight is 637 g/mol. The summed E-state index contributed by atoms with van der Waals surface area (Å²) < 4.78 is 14.4. The highest BCUT2D eigenvalue weighted by molar-refractivity contribution is 7.79. The summed E-state index contributed by atoms with van der Waals surface area (Å²) in [4.78, 5) is 5.08. The van der Waals surface area contributed by atoms with Crippen LogP contribution in [0.1, 0.15) is 140 Å². The maximum Gasteiger partial charge on any atom is 0.137 e. The second-order valence-electron chi connectivity index (χ2n) is 15.9.